The first-order valence-corrected chi connectivity index (χ1v) is 11.0. The molecule has 1 aliphatic heterocycles. The molecule has 1 aromatic heterocycles. The second-order valence-corrected chi connectivity index (χ2v) is 8.76. The van der Waals surface area contributed by atoms with Crippen molar-refractivity contribution in [1.82, 2.24) is 9.62 Å². The van der Waals surface area contributed by atoms with Gasteiger partial charge in [-0.1, -0.05) is 30.3 Å². The highest BCUT2D eigenvalue weighted by Crippen LogP contribution is 2.33. The van der Waals surface area contributed by atoms with Gasteiger partial charge in [0.1, 0.15) is 5.76 Å². The van der Waals surface area contributed by atoms with Gasteiger partial charge in [-0.05, 0) is 54.8 Å². The maximum Gasteiger partial charge on any atom is 0.254 e. The summed E-state index contributed by atoms with van der Waals surface area (Å²) >= 11 is 0. The lowest BCUT2D eigenvalue weighted by Crippen LogP contribution is -2.30. The summed E-state index contributed by atoms with van der Waals surface area (Å²) in [5.74, 6) is 0.449. The quantitative estimate of drug-likeness (QED) is 0.671. The summed E-state index contributed by atoms with van der Waals surface area (Å²) in [5.41, 5.74) is 1.61. The van der Waals surface area contributed by atoms with Gasteiger partial charge < -0.3 is 9.32 Å². The average Bonchev–Trinajstić information content (AvgIpc) is 3.45. The van der Waals surface area contributed by atoms with Crippen LogP contribution < -0.4 is 4.72 Å². The number of nitrogens with one attached hydrogen (secondary N) is 1. The Morgan fingerprint density at radius 3 is 2.48 bits per heavy atom. The third kappa shape index (κ3) is 4.26. The topological polar surface area (TPSA) is 79.6 Å². The van der Waals surface area contributed by atoms with Crippen LogP contribution in [-0.2, 0) is 16.6 Å². The molecule has 150 valence electrons. The molecule has 2 heterocycles. The van der Waals surface area contributed by atoms with Crippen LogP contribution in [-0.4, -0.2) is 25.8 Å². The van der Waals surface area contributed by atoms with Crippen molar-refractivity contribution in [2.24, 2.45) is 0 Å². The van der Waals surface area contributed by atoms with Crippen LogP contribution in [0.5, 0.6) is 0 Å². The minimum atomic E-state index is -3.69. The Hall–Kier alpha value is -2.90. The minimum absolute atomic E-state index is 0.0575. The predicted octanol–water partition coefficient (Wildman–Crippen LogP) is 3.74. The van der Waals surface area contributed by atoms with Crippen molar-refractivity contribution in [1.29, 1.82) is 0 Å². The Labute approximate surface area is 170 Å². The molecular weight excluding hydrogens is 388 g/mol. The van der Waals surface area contributed by atoms with Crippen molar-refractivity contribution >= 4 is 15.9 Å². The number of nitrogens with zero attached hydrogens (tertiary/aromatic N) is 1. The zero-order valence-corrected chi connectivity index (χ0v) is 16.6. The van der Waals surface area contributed by atoms with Crippen LogP contribution in [0.15, 0.2) is 82.3 Å². The normalized spacial score (nSPS) is 16.8. The summed E-state index contributed by atoms with van der Waals surface area (Å²) in [6, 6.07) is 19.5. The highest BCUT2D eigenvalue weighted by atomic mass is 32.2. The maximum absolute atomic E-state index is 13.0. The standard InChI is InChI=1S/C22H22N2O4S/c25-22(24-14-4-9-21(24)17-6-2-1-3-7-17)18-10-12-20(13-11-18)29(26,27)23-16-19-8-5-15-28-19/h1-3,5-8,10-13,15,21,23H,4,9,14,16H2/t21-/m1/s1. The average molecular weight is 410 g/mol. The molecule has 1 N–H and O–H groups in total. The molecule has 0 spiro atoms. The molecule has 1 amide bonds. The van der Waals surface area contributed by atoms with Crippen LogP contribution in [0.3, 0.4) is 0 Å². The smallest absolute Gasteiger partial charge is 0.254 e. The molecule has 4 rings (SSSR count). The Morgan fingerprint density at radius 2 is 1.79 bits per heavy atom. The highest BCUT2D eigenvalue weighted by molar-refractivity contribution is 7.89. The Kier molecular flexibility index (Phi) is 5.51. The summed E-state index contributed by atoms with van der Waals surface area (Å²) in [6.07, 6.45) is 3.37. The van der Waals surface area contributed by atoms with Gasteiger partial charge in [0.05, 0.1) is 23.7 Å². The second kappa shape index (κ2) is 8.23. The van der Waals surface area contributed by atoms with Gasteiger partial charge in [-0.25, -0.2) is 13.1 Å². The SMILES string of the molecule is O=C(c1ccc(S(=O)(=O)NCc2ccco2)cc1)N1CCC[C@@H]1c1ccccc1. The molecule has 0 saturated carbocycles. The van der Waals surface area contributed by atoms with Crippen LogP contribution in [0.1, 0.15) is 40.6 Å². The molecule has 1 saturated heterocycles. The largest absolute Gasteiger partial charge is 0.468 e. The molecule has 6 nitrogen and oxygen atoms in total. The van der Waals surface area contributed by atoms with Crippen molar-refractivity contribution in [2.75, 3.05) is 6.54 Å². The number of carbonyl (C=O) groups is 1. The van der Waals surface area contributed by atoms with Gasteiger partial charge in [0, 0.05) is 12.1 Å². The molecule has 1 atom stereocenters. The van der Waals surface area contributed by atoms with Crippen LogP contribution in [0.25, 0.3) is 0 Å². The molecule has 0 aliphatic carbocycles. The van der Waals surface area contributed by atoms with E-state index in [0.717, 1.165) is 18.4 Å². The van der Waals surface area contributed by atoms with E-state index in [0.29, 0.717) is 17.9 Å². The van der Waals surface area contributed by atoms with Gasteiger partial charge in [-0.2, -0.15) is 0 Å². The first kappa shape index (κ1) is 19.4. The minimum Gasteiger partial charge on any atom is -0.468 e. The first-order valence-electron chi connectivity index (χ1n) is 9.52. The number of furan rings is 1. The molecule has 3 aromatic rings. The Morgan fingerprint density at radius 1 is 1.03 bits per heavy atom. The molecule has 29 heavy (non-hydrogen) atoms. The van der Waals surface area contributed by atoms with Crippen molar-refractivity contribution in [3.8, 4) is 0 Å². The number of hydrogen-bond acceptors (Lipinski definition) is 4. The van der Waals surface area contributed by atoms with E-state index in [2.05, 4.69) is 4.72 Å². The second-order valence-electron chi connectivity index (χ2n) is 7.00. The van der Waals surface area contributed by atoms with Gasteiger partial charge >= 0.3 is 0 Å². The van der Waals surface area contributed by atoms with E-state index in [1.807, 2.05) is 35.2 Å². The van der Waals surface area contributed by atoms with Crippen molar-refractivity contribution in [3.63, 3.8) is 0 Å². The summed E-state index contributed by atoms with van der Waals surface area (Å²) in [5, 5.41) is 0. The molecule has 2 aromatic carbocycles. The lowest BCUT2D eigenvalue weighted by molar-refractivity contribution is 0.0735. The van der Waals surface area contributed by atoms with Gasteiger partial charge in [0.2, 0.25) is 10.0 Å². The molecule has 0 unspecified atom stereocenters. The molecular formula is C22H22N2O4S. The first-order chi connectivity index (χ1) is 14.0. The molecule has 1 aliphatic rings. The molecule has 1 fully saturated rings. The van der Waals surface area contributed by atoms with Gasteiger partial charge in [0.15, 0.2) is 0 Å². The highest BCUT2D eigenvalue weighted by Gasteiger charge is 2.30. The fourth-order valence-electron chi connectivity index (χ4n) is 3.64. The molecule has 0 bridgehead atoms. The van der Waals surface area contributed by atoms with E-state index in [4.69, 9.17) is 4.42 Å². The van der Waals surface area contributed by atoms with Crippen LogP contribution in [0, 0.1) is 0 Å². The van der Waals surface area contributed by atoms with Crippen molar-refractivity contribution in [3.05, 3.63) is 89.9 Å². The lowest BCUT2D eigenvalue weighted by atomic mass is 10.0. The molecule has 7 heteroatoms. The van der Waals surface area contributed by atoms with Crippen LogP contribution >= 0.6 is 0 Å². The molecule has 0 radical (unpaired) electrons. The summed E-state index contributed by atoms with van der Waals surface area (Å²) in [7, 11) is -3.69. The van der Waals surface area contributed by atoms with Crippen molar-refractivity contribution in [2.45, 2.75) is 30.3 Å². The number of likely N-dealkylation sites (tertiary alicyclic amines) is 1. The number of benzene rings is 2. The van der Waals surface area contributed by atoms with E-state index in [9.17, 15) is 13.2 Å². The number of carbonyl (C=O) groups excluding carboxylic acids is 1. The number of rotatable bonds is 6. The van der Waals surface area contributed by atoms with Crippen LogP contribution in [0.2, 0.25) is 0 Å². The third-order valence-electron chi connectivity index (χ3n) is 5.13. The van der Waals surface area contributed by atoms with E-state index in [1.165, 1.54) is 18.4 Å². The number of sulfonamides is 1. The number of hydrogen-bond donors (Lipinski definition) is 1. The lowest BCUT2D eigenvalue weighted by Gasteiger charge is -2.25. The zero-order valence-electron chi connectivity index (χ0n) is 15.8. The van der Waals surface area contributed by atoms with E-state index in [-0.39, 0.29) is 23.4 Å². The van der Waals surface area contributed by atoms with E-state index in [1.54, 1.807) is 24.3 Å². The summed E-state index contributed by atoms with van der Waals surface area (Å²) in [4.78, 5) is 15.0. The van der Waals surface area contributed by atoms with Crippen molar-refractivity contribution < 1.29 is 17.6 Å². The zero-order chi connectivity index (χ0) is 20.3. The fraction of sp³-hybridized carbons (Fsp3) is 0.227. The van der Waals surface area contributed by atoms with Gasteiger partial charge in [0.25, 0.3) is 5.91 Å². The predicted molar refractivity (Wildman–Crippen MR) is 109 cm³/mol. The Balaban J connectivity index is 1.47. The third-order valence-corrected chi connectivity index (χ3v) is 6.54. The monoisotopic (exact) mass is 410 g/mol. The Bertz CT molecular complexity index is 1060. The van der Waals surface area contributed by atoms with E-state index < -0.39 is 10.0 Å². The summed E-state index contributed by atoms with van der Waals surface area (Å²) in [6.45, 7) is 0.770. The van der Waals surface area contributed by atoms with Crippen LogP contribution in [0.4, 0.5) is 0 Å². The van der Waals surface area contributed by atoms with Gasteiger partial charge in [-0.15, -0.1) is 0 Å². The van der Waals surface area contributed by atoms with E-state index >= 15 is 0 Å². The maximum atomic E-state index is 13.0. The summed E-state index contributed by atoms with van der Waals surface area (Å²) < 4.78 is 32.5. The number of amides is 1. The van der Waals surface area contributed by atoms with Gasteiger partial charge in [-0.3, -0.25) is 4.79 Å². The fourth-order valence-corrected chi connectivity index (χ4v) is 4.63.